The lowest BCUT2D eigenvalue weighted by Crippen LogP contribution is -2.18. The Balaban J connectivity index is 1.44. The highest BCUT2D eigenvalue weighted by atomic mass is 16.6. The van der Waals surface area contributed by atoms with Crippen LogP contribution in [0.25, 0.3) is 0 Å². The molecule has 3 rings (SSSR count). The van der Waals surface area contributed by atoms with Crippen LogP contribution in [0.1, 0.15) is 0 Å². The van der Waals surface area contributed by atoms with E-state index in [1.807, 2.05) is 0 Å². The van der Waals surface area contributed by atoms with Gasteiger partial charge in [0.2, 0.25) is 0 Å². The Labute approximate surface area is 191 Å². The number of ether oxygens (including phenoxy) is 4. The summed E-state index contributed by atoms with van der Waals surface area (Å²) in [6, 6.07) is 16.3. The second-order valence-corrected chi connectivity index (χ2v) is 6.51. The van der Waals surface area contributed by atoms with E-state index in [0.717, 1.165) is 12.1 Å². The summed E-state index contributed by atoms with van der Waals surface area (Å²) in [6.45, 7) is -0.892. The van der Waals surface area contributed by atoms with E-state index < -0.39 is 35.0 Å². The van der Waals surface area contributed by atoms with Gasteiger partial charge in [-0.25, -0.2) is 9.59 Å². The van der Waals surface area contributed by atoms with Gasteiger partial charge in [0.15, 0.2) is 13.2 Å². The number of hydrogen-bond donors (Lipinski definition) is 0. The Kier molecular flexibility index (Phi) is 7.68. The summed E-state index contributed by atoms with van der Waals surface area (Å²) in [5.74, 6) is -0.869. The first-order valence-corrected chi connectivity index (χ1v) is 9.56. The van der Waals surface area contributed by atoms with Crippen LogP contribution in [0.3, 0.4) is 0 Å². The topological polar surface area (TPSA) is 157 Å². The van der Waals surface area contributed by atoms with Crippen molar-refractivity contribution in [2.24, 2.45) is 0 Å². The molecule has 0 spiro atoms. The van der Waals surface area contributed by atoms with E-state index in [1.54, 1.807) is 0 Å². The standard InChI is InChI=1S/C22H16N2O10/c25-21(33-19-5-1-3-15(11-19)23(27)28)13-31-17-7-9-18(10-8-17)32-14-22(26)34-20-6-2-4-16(12-20)24(29)30/h1-12H,13-14H2. The SMILES string of the molecule is O=C(COc1ccc(OCC(=O)Oc2cccc([N+](=O)[O-])c2)cc1)Oc1cccc([N+](=O)[O-])c1. The van der Waals surface area contributed by atoms with Crippen LogP contribution in [0.2, 0.25) is 0 Å². The van der Waals surface area contributed by atoms with Gasteiger partial charge in [0.1, 0.15) is 23.0 Å². The number of non-ortho nitro benzene ring substituents is 2. The molecule has 0 radical (unpaired) electrons. The van der Waals surface area contributed by atoms with E-state index in [9.17, 15) is 29.8 Å². The highest BCUT2D eigenvalue weighted by molar-refractivity contribution is 5.74. The number of nitro groups is 2. The molecule has 0 unspecified atom stereocenters. The van der Waals surface area contributed by atoms with Crippen LogP contribution in [-0.4, -0.2) is 35.0 Å². The molecule has 0 heterocycles. The molecule has 34 heavy (non-hydrogen) atoms. The third kappa shape index (κ3) is 7.02. The van der Waals surface area contributed by atoms with Crippen LogP contribution in [0.4, 0.5) is 11.4 Å². The monoisotopic (exact) mass is 468 g/mol. The lowest BCUT2D eigenvalue weighted by molar-refractivity contribution is -0.385. The van der Waals surface area contributed by atoms with Crippen molar-refractivity contribution in [2.45, 2.75) is 0 Å². The molecule has 174 valence electrons. The largest absolute Gasteiger partial charge is 0.482 e. The van der Waals surface area contributed by atoms with Crippen molar-refractivity contribution in [1.29, 1.82) is 0 Å². The third-order valence-corrected chi connectivity index (χ3v) is 4.06. The van der Waals surface area contributed by atoms with Crippen LogP contribution < -0.4 is 18.9 Å². The molecule has 0 aliphatic carbocycles. The summed E-state index contributed by atoms with van der Waals surface area (Å²) in [5.41, 5.74) is -0.424. The van der Waals surface area contributed by atoms with Crippen molar-refractivity contribution in [3.63, 3.8) is 0 Å². The number of carbonyl (C=O) groups is 2. The van der Waals surface area contributed by atoms with Crippen LogP contribution in [-0.2, 0) is 9.59 Å². The first kappa shape index (κ1) is 23.7. The minimum atomic E-state index is -0.760. The van der Waals surface area contributed by atoms with Crippen LogP contribution in [0.5, 0.6) is 23.0 Å². The lowest BCUT2D eigenvalue weighted by Gasteiger charge is -2.09. The smallest absolute Gasteiger partial charge is 0.349 e. The van der Waals surface area contributed by atoms with Gasteiger partial charge in [0, 0.05) is 12.1 Å². The van der Waals surface area contributed by atoms with Gasteiger partial charge in [0.05, 0.1) is 22.0 Å². The fourth-order valence-electron chi connectivity index (χ4n) is 2.56. The zero-order valence-corrected chi connectivity index (χ0v) is 17.3. The van der Waals surface area contributed by atoms with E-state index in [-0.39, 0.29) is 22.9 Å². The van der Waals surface area contributed by atoms with Gasteiger partial charge in [-0.1, -0.05) is 12.1 Å². The van der Waals surface area contributed by atoms with Gasteiger partial charge in [-0.2, -0.15) is 0 Å². The van der Waals surface area contributed by atoms with Gasteiger partial charge >= 0.3 is 11.9 Å². The van der Waals surface area contributed by atoms with E-state index in [1.165, 1.54) is 60.7 Å². The molecule has 0 aromatic heterocycles. The molecule has 0 saturated carbocycles. The summed E-state index contributed by atoms with van der Waals surface area (Å²) < 4.78 is 20.6. The predicted molar refractivity (Wildman–Crippen MR) is 115 cm³/mol. The number of carbonyl (C=O) groups excluding carboxylic acids is 2. The van der Waals surface area contributed by atoms with Crippen molar-refractivity contribution in [1.82, 2.24) is 0 Å². The Morgan fingerprint density at radius 3 is 1.35 bits per heavy atom. The summed E-state index contributed by atoms with van der Waals surface area (Å²) in [6.07, 6.45) is 0. The van der Waals surface area contributed by atoms with Crippen molar-refractivity contribution in [3.05, 3.63) is 93.0 Å². The van der Waals surface area contributed by atoms with Gasteiger partial charge in [-0.3, -0.25) is 20.2 Å². The summed E-state index contributed by atoms with van der Waals surface area (Å²) >= 11 is 0. The van der Waals surface area contributed by atoms with Gasteiger partial charge in [-0.15, -0.1) is 0 Å². The maximum absolute atomic E-state index is 11.9. The Morgan fingerprint density at radius 1 is 0.618 bits per heavy atom. The molecule has 3 aromatic rings. The molecule has 0 amide bonds. The summed E-state index contributed by atoms with van der Waals surface area (Å²) in [7, 11) is 0. The highest BCUT2D eigenvalue weighted by Crippen LogP contribution is 2.21. The van der Waals surface area contributed by atoms with Gasteiger partial charge in [0.25, 0.3) is 11.4 Å². The summed E-state index contributed by atoms with van der Waals surface area (Å²) in [4.78, 5) is 44.1. The number of hydrogen-bond acceptors (Lipinski definition) is 10. The second-order valence-electron chi connectivity index (χ2n) is 6.51. The molecule has 0 bridgehead atoms. The lowest BCUT2D eigenvalue weighted by atomic mass is 10.3. The second kappa shape index (κ2) is 11.0. The van der Waals surface area contributed by atoms with Gasteiger partial charge in [-0.05, 0) is 36.4 Å². The van der Waals surface area contributed by atoms with Crippen molar-refractivity contribution in [2.75, 3.05) is 13.2 Å². The van der Waals surface area contributed by atoms with Crippen LogP contribution in [0, 0.1) is 20.2 Å². The van der Waals surface area contributed by atoms with Crippen LogP contribution >= 0.6 is 0 Å². The minimum absolute atomic E-state index is 0.0172. The average molecular weight is 468 g/mol. The van der Waals surface area contributed by atoms with Crippen LogP contribution in [0.15, 0.2) is 72.8 Å². The molecule has 12 nitrogen and oxygen atoms in total. The van der Waals surface area contributed by atoms with Gasteiger partial charge < -0.3 is 18.9 Å². The first-order chi connectivity index (χ1) is 16.3. The van der Waals surface area contributed by atoms with E-state index in [4.69, 9.17) is 18.9 Å². The number of benzene rings is 3. The molecular formula is C22H16N2O10. The molecule has 3 aromatic carbocycles. The number of nitrogens with zero attached hydrogens (tertiary/aromatic N) is 2. The zero-order valence-electron chi connectivity index (χ0n) is 17.3. The van der Waals surface area contributed by atoms with Crippen molar-refractivity contribution in [3.8, 4) is 23.0 Å². The number of esters is 2. The first-order valence-electron chi connectivity index (χ1n) is 9.56. The zero-order chi connectivity index (χ0) is 24.5. The van der Waals surface area contributed by atoms with E-state index in [0.29, 0.717) is 11.5 Å². The molecule has 12 heteroatoms. The predicted octanol–water partition coefficient (Wildman–Crippen LogP) is 3.47. The maximum atomic E-state index is 11.9. The Bertz CT molecular complexity index is 1120. The quantitative estimate of drug-likeness (QED) is 0.187. The highest BCUT2D eigenvalue weighted by Gasteiger charge is 2.12. The molecule has 0 aliphatic rings. The third-order valence-electron chi connectivity index (χ3n) is 4.06. The fraction of sp³-hybridized carbons (Fsp3) is 0.0909. The molecule has 0 saturated heterocycles. The maximum Gasteiger partial charge on any atom is 0.349 e. The molecular weight excluding hydrogens is 452 g/mol. The minimum Gasteiger partial charge on any atom is -0.482 e. The van der Waals surface area contributed by atoms with E-state index >= 15 is 0 Å². The molecule has 0 fully saturated rings. The Hall–Kier alpha value is -5.00. The summed E-state index contributed by atoms with van der Waals surface area (Å²) in [5, 5.41) is 21.5. The molecule has 0 N–H and O–H groups in total. The Morgan fingerprint density at radius 2 is 1.00 bits per heavy atom. The molecule has 0 atom stereocenters. The van der Waals surface area contributed by atoms with Crippen molar-refractivity contribution >= 4 is 23.3 Å². The van der Waals surface area contributed by atoms with E-state index in [2.05, 4.69) is 0 Å². The van der Waals surface area contributed by atoms with Crippen molar-refractivity contribution < 1.29 is 38.4 Å². The average Bonchev–Trinajstić information content (AvgIpc) is 2.82. The number of nitro benzene ring substituents is 2. The molecule has 0 aliphatic heterocycles. The normalized spacial score (nSPS) is 10.1. The number of rotatable bonds is 10. The fourth-order valence-corrected chi connectivity index (χ4v) is 2.56.